The fourth-order valence-corrected chi connectivity index (χ4v) is 3.77. The Morgan fingerprint density at radius 1 is 1.39 bits per heavy atom. The van der Waals surface area contributed by atoms with Gasteiger partial charge in [0.15, 0.2) is 0 Å². The summed E-state index contributed by atoms with van der Waals surface area (Å²) in [5.74, 6) is 0.188. The average molecular weight is 346 g/mol. The third-order valence-electron chi connectivity index (χ3n) is 3.36. The van der Waals surface area contributed by atoms with Gasteiger partial charge in [-0.1, -0.05) is 0 Å². The number of ether oxygens (including phenoxy) is 1. The standard InChI is InChI=1S/C13H23N4O5P/c1-3-21-23(19,22-4-2)10-20-11-5-7-16(9-11)17-8-6-12(14)15-13(17)18/h6,8,11H,3-5,7,9-10H2,1-2H3,(H2,14,15,18). The first-order valence-corrected chi connectivity index (χ1v) is 9.30. The van der Waals surface area contributed by atoms with Crippen molar-refractivity contribution in [1.29, 1.82) is 0 Å². The Morgan fingerprint density at radius 2 is 2.09 bits per heavy atom. The smallest absolute Gasteiger partial charge is 0.368 e. The number of aromatic nitrogens is 2. The highest BCUT2D eigenvalue weighted by Gasteiger charge is 2.30. The third-order valence-corrected chi connectivity index (χ3v) is 5.12. The Balaban J connectivity index is 1.92. The van der Waals surface area contributed by atoms with Crippen LogP contribution in [0.1, 0.15) is 20.3 Å². The van der Waals surface area contributed by atoms with Crippen molar-refractivity contribution in [2.45, 2.75) is 26.4 Å². The maximum absolute atomic E-state index is 12.4. The normalized spacial score (nSPS) is 18.5. The lowest BCUT2D eigenvalue weighted by Gasteiger charge is -2.21. The van der Waals surface area contributed by atoms with Crippen molar-refractivity contribution < 1.29 is 18.3 Å². The van der Waals surface area contributed by atoms with E-state index in [0.29, 0.717) is 32.7 Å². The lowest BCUT2D eigenvalue weighted by atomic mass is 10.3. The van der Waals surface area contributed by atoms with Gasteiger partial charge < -0.3 is 24.5 Å². The number of rotatable bonds is 8. The Labute approximate surface area is 134 Å². The summed E-state index contributed by atoms with van der Waals surface area (Å²) in [5, 5.41) is 1.81. The van der Waals surface area contributed by atoms with Gasteiger partial charge in [0.05, 0.1) is 25.9 Å². The van der Waals surface area contributed by atoms with E-state index >= 15 is 0 Å². The van der Waals surface area contributed by atoms with Crippen LogP contribution in [0.2, 0.25) is 0 Å². The van der Waals surface area contributed by atoms with Gasteiger partial charge in [0, 0.05) is 12.7 Å². The average Bonchev–Trinajstić information content (AvgIpc) is 2.94. The zero-order valence-electron chi connectivity index (χ0n) is 13.4. The molecule has 0 aliphatic carbocycles. The van der Waals surface area contributed by atoms with Crippen LogP contribution in [0, 0.1) is 0 Å². The fourth-order valence-electron chi connectivity index (χ4n) is 2.37. The van der Waals surface area contributed by atoms with E-state index in [-0.39, 0.29) is 18.3 Å². The van der Waals surface area contributed by atoms with E-state index in [4.69, 9.17) is 19.5 Å². The van der Waals surface area contributed by atoms with Crippen molar-refractivity contribution in [3.63, 3.8) is 0 Å². The molecule has 9 nitrogen and oxygen atoms in total. The second kappa shape index (κ2) is 7.92. The van der Waals surface area contributed by atoms with Gasteiger partial charge in [-0.15, -0.1) is 0 Å². The summed E-state index contributed by atoms with van der Waals surface area (Å²) in [5.41, 5.74) is 5.05. The van der Waals surface area contributed by atoms with Crippen molar-refractivity contribution in [3.05, 3.63) is 22.7 Å². The molecule has 0 spiro atoms. The van der Waals surface area contributed by atoms with Crippen LogP contribution in [0.15, 0.2) is 17.1 Å². The number of hydrogen-bond donors (Lipinski definition) is 1. The molecule has 2 heterocycles. The molecule has 1 saturated heterocycles. The molecule has 10 heteroatoms. The second-order valence-corrected chi connectivity index (χ2v) is 7.04. The van der Waals surface area contributed by atoms with E-state index in [0.717, 1.165) is 0 Å². The molecule has 23 heavy (non-hydrogen) atoms. The van der Waals surface area contributed by atoms with Gasteiger partial charge in [0.1, 0.15) is 12.2 Å². The Morgan fingerprint density at radius 3 is 2.70 bits per heavy atom. The molecule has 2 rings (SSSR count). The molecule has 1 atom stereocenters. The van der Waals surface area contributed by atoms with E-state index in [1.807, 2.05) is 5.01 Å². The third kappa shape index (κ3) is 4.78. The Kier molecular flexibility index (Phi) is 6.17. The fraction of sp³-hybridized carbons (Fsp3) is 0.692. The van der Waals surface area contributed by atoms with Gasteiger partial charge in [-0.3, -0.25) is 4.57 Å². The van der Waals surface area contributed by atoms with Crippen LogP contribution in [0.3, 0.4) is 0 Å². The van der Waals surface area contributed by atoms with Gasteiger partial charge in [-0.05, 0) is 26.3 Å². The molecule has 1 aromatic rings. The first-order chi connectivity index (χ1) is 11.0. The van der Waals surface area contributed by atoms with Gasteiger partial charge in [-0.25, -0.2) is 9.47 Å². The molecule has 0 saturated carbocycles. The maximum atomic E-state index is 12.4. The molecule has 2 N–H and O–H groups in total. The summed E-state index contributed by atoms with van der Waals surface area (Å²) in [6.45, 7) is 5.22. The first-order valence-electron chi connectivity index (χ1n) is 7.57. The van der Waals surface area contributed by atoms with Crippen molar-refractivity contribution in [2.24, 2.45) is 0 Å². The molecule has 0 radical (unpaired) electrons. The maximum Gasteiger partial charge on any atom is 0.368 e. The molecule has 0 aromatic carbocycles. The quantitative estimate of drug-likeness (QED) is 0.688. The molecule has 1 fully saturated rings. The number of hydrogen-bond acceptors (Lipinski definition) is 8. The summed E-state index contributed by atoms with van der Waals surface area (Å²) >= 11 is 0. The van der Waals surface area contributed by atoms with Gasteiger partial charge >= 0.3 is 13.3 Å². The topological polar surface area (TPSA) is 109 Å². The lowest BCUT2D eigenvalue weighted by Crippen LogP contribution is -2.42. The second-order valence-electron chi connectivity index (χ2n) is 5.05. The summed E-state index contributed by atoms with van der Waals surface area (Å²) in [4.78, 5) is 15.5. The summed E-state index contributed by atoms with van der Waals surface area (Å²) in [6.07, 6.45) is 2.03. The minimum absolute atomic E-state index is 0.0952. The molecule has 0 amide bonds. The minimum Gasteiger partial charge on any atom is -0.383 e. The van der Waals surface area contributed by atoms with Crippen LogP contribution in [-0.4, -0.2) is 48.4 Å². The van der Waals surface area contributed by atoms with Crippen molar-refractivity contribution in [2.75, 3.05) is 43.4 Å². The highest BCUT2D eigenvalue weighted by molar-refractivity contribution is 7.53. The molecule has 1 unspecified atom stereocenters. The largest absolute Gasteiger partial charge is 0.383 e. The molecule has 1 aliphatic heterocycles. The molecular weight excluding hydrogens is 323 g/mol. The summed E-state index contributed by atoms with van der Waals surface area (Å²) < 4.78 is 29.8. The van der Waals surface area contributed by atoms with Gasteiger partial charge in [-0.2, -0.15) is 4.98 Å². The molecule has 1 aliphatic rings. The van der Waals surface area contributed by atoms with Gasteiger partial charge in [0.2, 0.25) is 0 Å². The monoisotopic (exact) mass is 346 g/mol. The number of nitrogens with two attached hydrogens (primary N) is 1. The Hall–Kier alpha value is -1.41. The van der Waals surface area contributed by atoms with Crippen LogP contribution in [-0.2, 0) is 18.3 Å². The molecular formula is C13H23N4O5P. The lowest BCUT2D eigenvalue weighted by molar-refractivity contribution is 0.0786. The predicted molar refractivity (Wildman–Crippen MR) is 86.1 cm³/mol. The number of anilines is 1. The number of nitrogens with zero attached hydrogens (tertiary/aromatic N) is 3. The van der Waals surface area contributed by atoms with E-state index in [1.54, 1.807) is 26.1 Å². The van der Waals surface area contributed by atoms with Crippen molar-refractivity contribution in [1.82, 2.24) is 9.66 Å². The molecule has 0 bridgehead atoms. The zero-order chi connectivity index (χ0) is 16.9. The van der Waals surface area contributed by atoms with Crippen molar-refractivity contribution >= 4 is 13.4 Å². The van der Waals surface area contributed by atoms with E-state index in [9.17, 15) is 9.36 Å². The highest BCUT2D eigenvalue weighted by Crippen LogP contribution is 2.48. The summed E-state index contributed by atoms with van der Waals surface area (Å²) in [7, 11) is -3.22. The van der Waals surface area contributed by atoms with Crippen LogP contribution in [0.4, 0.5) is 5.82 Å². The van der Waals surface area contributed by atoms with E-state index in [2.05, 4.69) is 4.98 Å². The zero-order valence-corrected chi connectivity index (χ0v) is 14.3. The SMILES string of the molecule is CCOP(=O)(COC1CCN(n2ccc(N)nc2=O)C1)OCC. The van der Waals surface area contributed by atoms with E-state index in [1.165, 1.54) is 4.68 Å². The van der Waals surface area contributed by atoms with Crippen LogP contribution in [0.25, 0.3) is 0 Å². The number of nitrogen functional groups attached to an aromatic ring is 1. The van der Waals surface area contributed by atoms with E-state index < -0.39 is 13.3 Å². The Bertz CT molecular complexity index is 613. The highest BCUT2D eigenvalue weighted by atomic mass is 31.2. The van der Waals surface area contributed by atoms with Crippen LogP contribution >= 0.6 is 7.60 Å². The predicted octanol–water partition coefficient (Wildman–Crippen LogP) is 0.776. The van der Waals surface area contributed by atoms with Crippen LogP contribution in [0.5, 0.6) is 0 Å². The molecule has 1 aromatic heterocycles. The van der Waals surface area contributed by atoms with Gasteiger partial charge in [0.25, 0.3) is 0 Å². The molecule has 130 valence electrons. The van der Waals surface area contributed by atoms with Crippen LogP contribution < -0.4 is 16.4 Å². The van der Waals surface area contributed by atoms with Crippen molar-refractivity contribution in [3.8, 4) is 0 Å². The first kappa shape index (κ1) is 17.9. The minimum atomic E-state index is -3.22. The summed E-state index contributed by atoms with van der Waals surface area (Å²) in [6, 6.07) is 1.56.